The van der Waals surface area contributed by atoms with Crippen LogP contribution in [0.3, 0.4) is 0 Å². The Hall–Kier alpha value is -1.02. The summed E-state index contributed by atoms with van der Waals surface area (Å²) < 4.78 is 5.74. The third-order valence-electron chi connectivity index (χ3n) is 5.34. The number of hydrogen-bond acceptors (Lipinski definition) is 2. The Morgan fingerprint density at radius 1 is 1.10 bits per heavy atom. The van der Waals surface area contributed by atoms with Crippen molar-refractivity contribution >= 4 is 0 Å². The number of rotatable bonds is 5. The first-order valence-electron chi connectivity index (χ1n) is 8.75. The van der Waals surface area contributed by atoms with E-state index >= 15 is 0 Å². The van der Waals surface area contributed by atoms with Gasteiger partial charge < -0.3 is 10.1 Å². The van der Waals surface area contributed by atoms with Crippen LogP contribution < -0.4 is 10.1 Å². The maximum Gasteiger partial charge on any atom is 0.122 e. The highest BCUT2D eigenvalue weighted by Crippen LogP contribution is 2.33. The lowest BCUT2D eigenvalue weighted by Gasteiger charge is -2.28. The average Bonchev–Trinajstić information content (AvgIpc) is 2.53. The molecule has 116 valence electrons. The second-order valence-electron chi connectivity index (χ2n) is 6.99. The third-order valence-corrected chi connectivity index (χ3v) is 5.34. The summed E-state index contributed by atoms with van der Waals surface area (Å²) in [7, 11) is 0. The second-order valence-corrected chi connectivity index (χ2v) is 6.99. The van der Waals surface area contributed by atoms with Gasteiger partial charge in [0.2, 0.25) is 0 Å². The van der Waals surface area contributed by atoms with Gasteiger partial charge in [-0.05, 0) is 42.9 Å². The first-order chi connectivity index (χ1) is 10.3. The highest BCUT2D eigenvalue weighted by Gasteiger charge is 2.21. The van der Waals surface area contributed by atoms with Crippen molar-refractivity contribution in [3.05, 3.63) is 29.8 Å². The van der Waals surface area contributed by atoms with E-state index in [9.17, 15) is 0 Å². The normalized spacial score (nSPS) is 28.7. The van der Waals surface area contributed by atoms with E-state index in [2.05, 4.69) is 36.5 Å². The quantitative estimate of drug-likeness (QED) is 0.813. The summed E-state index contributed by atoms with van der Waals surface area (Å²) in [5.41, 5.74) is 1.39. The predicted molar refractivity (Wildman–Crippen MR) is 87.9 cm³/mol. The molecule has 1 atom stereocenters. The van der Waals surface area contributed by atoms with Crippen molar-refractivity contribution in [2.24, 2.45) is 11.8 Å². The van der Waals surface area contributed by atoms with Crippen LogP contribution in [0.25, 0.3) is 0 Å². The Balaban J connectivity index is 1.40. The van der Waals surface area contributed by atoms with E-state index < -0.39 is 0 Å². The lowest BCUT2D eigenvalue weighted by Crippen LogP contribution is -2.28. The predicted octanol–water partition coefficient (Wildman–Crippen LogP) is 4.36. The van der Waals surface area contributed by atoms with Crippen LogP contribution in [0.2, 0.25) is 0 Å². The van der Waals surface area contributed by atoms with Crippen molar-refractivity contribution in [2.75, 3.05) is 19.7 Å². The molecule has 1 aliphatic carbocycles. The Bertz CT molecular complexity index is 437. The van der Waals surface area contributed by atoms with Gasteiger partial charge in [0.15, 0.2) is 0 Å². The summed E-state index contributed by atoms with van der Waals surface area (Å²) in [5.74, 6) is 3.65. The molecule has 3 rings (SSSR count). The van der Waals surface area contributed by atoms with Gasteiger partial charge in [-0.15, -0.1) is 0 Å². The second kappa shape index (κ2) is 7.31. The third kappa shape index (κ3) is 4.00. The van der Waals surface area contributed by atoms with E-state index in [-0.39, 0.29) is 0 Å². The van der Waals surface area contributed by atoms with Crippen LogP contribution in [0, 0.1) is 11.8 Å². The number of fused-ring (bicyclic) bond motifs is 1. The first kappa shape index (κ1) is 14.9. The largest absolute Gasteiger partial charge is 0.493 e. The Morgan fingerprint density at radius 2 is 1.90 bits per heavy atom. The highest BCUT2D eigenvalue weighted by molar-refractivity contribution is 5.37. The molecule has 0 spiro atoms. The molecule has 0 bridgehead atoms. The van der Waals surface area contributed by atoms with Gasteiger partial charge >= 0.3 is 0 Å². The minimum atomic E-state index is 0.626. The van der Waals surface area contributed by atoms with Gasteiger partial charge in [-0.1, -0.05) is 50.8 Å². The standard InChI is InChI=1S/C19H29NO/c1-15-6-8-16(9-7-15)10-12-20-14-17-11-13-21-19-5-3-2-4-18(17)19/h2-5,15-17,20H,6-14H2,1H3. The molecule has 1 aliphatic heterocycles. The Labute approximate surface area is 129 Å². The van der Waals surface area contributed by atoms with Gasteiger partial charge in [-0.25, -0.2) is 0 Å². The van der Waals surface area contributed by atoms with Gasteiger partial charge in [0.05, 0.1) is 6.61 Å². The molecule has 0 aromatic heterocycles. The summed E-state index contributed by atoms with van der Waals surface area (Å²) >= 11 is 0. The number of benzene rings is 1. The molecule has 1 N–H and O–H groups in total. The lowest BCUT2D eigenvalue weighted by atomic mass is 9.81. The monoisotopic (exact) mass is 287 g/mol. The number of ether oxygens (including phenoxy) is 1. The lowest BCUT2D eigenvalue weighted by molar-refractivity contribution is 0.258. The van der Waals surface area contributed by atoms with Gasteiger partial charge in [-0.3, -0.25) is 0 Å². The Kier molecular flexibility index (Phi) is 5.18. The molecule has 1 heterocycles. The van der Waals surface area contributed by atoms with Crippen molar-refractivity contribution in [3.8, 4) is 5.75 Å². The van der Waals surface area contributed by atoms with E-state index in [4.69, 9.17) is 4.74 Å². The van der Waals surface area contributed by atoms with Crippen molar-refractivity contribution in [1.29, 1.82) is 0 Å². The molecule has 0 radical (unpaired) electrons. The van der Waals surface area contributed by atoms with Crippen LogP contribution in [0.4, 0.5) is 0 Å². The molecule has 2 heteroatoms. The molecule has 1 aromatic carbocycles. The summed E-state index contributed by atoms with van der Waals surface area (Å²) in [5, 5.41) is 3.70. The number of nitrogens with one attached hydrogen (secondary N) is 1. The molecular weight excluding hydrogens is 258 g/mol. The van der Waals surface area contributed by atoms with Gasteiger partial charge in [0.1, 0.15) is 5.75 Å². The molecule has 1 saturated carbocycles. The topological polar surface area (TPSA) is 21.3 Å². The molecule has 1 aromatic rings. The zero-order chi connectivity index (χ0) is 14.5. The maximum absolute atomic E-state index is 5.74. The molecule has 1 unspecified atom stereocenters. The molecule has 2 aliphatic rings. The van der Waals surface area contributed by atoms with Gasteiger partial charge in [-0.2, -0.15) is 0 Å². The summed E-state index contributed by atoms with van der Waals surface area (Å²) in [6.07, 6.45) is 8.28. The fraction of sp³-hybridized carbons (Fsp3) is 0.684. The fourth-order valence-electron chi connectivity index (χ4n) is 3.83. The van der Waals surface area contributed by atoms with Crippen molar-refractivity contribution in [3.63, 3.8) is 0 Å². The zero-order valence-corrected chi connectivity index (χ0v) is 13.3. The van der Waals surface area contributed by atoms with Crippen molar-refractivity contribution in [2.45, 2.75) is 51.4 Å². The number of hydrogen-bond donors (Lipinski definition) is 1. The summed E-state index contributed by atoms with van der Waals surface area (Å²) in [6, 6.07) is 8.52. The van der Waals surface area contributed by atoms with E-state index in [1.165, 1.54) is 44.2 Å². The van der Waals surface area contributed by atoms with Crippen LogP contribution >= 0.6 is 0 Å². The SMILES string of the molecule is CC1CCC(CCNCC2CCOc3ccccc32)CC1. The first-order valence-corrected chi connectivity index (χ1v) is 8.75. The number of para-hydroxylation sites is 1. The van der Waals surface area contributed by atoms with Gasteiger partial charge in [0, 0.05) is 12.5 Å². The minimum Gasteiger partial charge on any atom is -0.493 e. The molecule has 2 nitrogen and oxygen atoms in total. The van der Waals surface area contributed by atoms with Crippen LogP contribution in [-0.4, -0.2) is 19.7 Å². The molecule has 0 saturated heterocycles. The summed E-state index contributed by atoms with van der Waals surface area (Å²) in [6.45, 7) is 5.54. The molecule has 0 amide bonds. The van der Waals surface area contributed by atoms with Crippen LogP contribution in [0.1, 0.15) is 56.9 Å². The van der Waals surface area contributed by atoms with Gasteiger partial charge in [0.25, 0.3) is 0 Å². The Morgan fingerprint density at radius 3 is 2.76 bits per heavy atom. The molecule has 21 heavy (non-hydrogen) atoms. The van der Waals surface area contributed by atoms with E-state index in [1.807, 2.05) is 0 Å². The van der Waals surface area contributed by atoms with Crippen LogP contribution in [0.5, 0.6) is 5.75 Å². The zero-order valence-electron chi connectivity index (χ0n) is 13.3. The van der Waals surface area contributed by atoms with Crippen molar-refractivity contribution in [1.82, 2.24) is 5.32 Å². The van der Waals surface area contributed by atoms with Crippen LogP contribution in [0.15, 0.2) is 24.3 Å². The molecule has 1 fully saturated rings. The van der Waals surface area contributed by atoms with E-state index in [1.54, 1.807) is 0 Å². The summed E-state index contributed by atoms with van der Waals surface area (Å²) in [4.78, 5) is 0. The smallest absolute Gasteiger partial charge is 0.122 e. The highest BCUT2D eigenvalue weighted by atomic mass is 16.5. The average molecular weight is 287 g/mol. The van der Waals surface area contributed by atoms with E-state index in [0.29, 0.717) is 5.92 Å². The van der Waals surface area contributed by atoms with Crippen molar-refractivity contribution < 1.29 is 4.74 Å². The maximum atomic E-state index is 5.74. The van der Waals surface area contributed by atoms with Crippen LogP contribution in [-0.2, 0) is 0 Å². The minimum absolute atomic E-state index is 0.626. The molecular formula is C19H29NO. The van der Waals surface area contributed by atoms with E-state index in [0.717, 1.165) is 37.2 Å². The fourth-order valence-corrected chi connectivity index (χ4v) is 3.83.